The monoisotopic (exact) mass is 272 g/mol. The summed E-state index contributed by atoms with van der Waals surface area (Å²) >= 11 is 0. The van der Waals surface area contributed by atoms with E-state index in [0.29, 0.717) is 6.04 Å². The second-order valence-electron chi connectivity index (χ2n) is 6.25. The number of nitrogens with one attached hydrogen (secondary N) is 1. The third-order valence-corrected chi connectivity index (χ3v) is 4.71. The number of carbonyl (C=O) groups excluding carboxylic acids is 1. The molecule has 2 bridgehead atoms. The SMILES string of the molecule is CCCNc1ccc(C(=O)N2CC3CCC2C3)cc1C. The van der Waals surface area contributed by atoms with Gasteiger partial charge in [0, 0.05) is 30.4 Å². The van der Waals surface area contributed by atoms with Crippen LogP contribution in [0.15, 0.2) is 18.2 Å². The number of hydrogen-bond acceptors (Lipinski definition) is 2. The van der Waals surface area contributed by atoms with Gasteiger partial charge in [-0.25, -0.2) is 0 Å². The molecular weight excluding hydrogens is 248 g/mol. The van der Waals surface area contributed by atoms with Gasteiger partial charge in [-0.3, -0.25) is 4.79 Å². The van der Waals surface area contributed by atoms with Crippen LogP contribution in [0.1, 0.15) is 48.5 Å². The van der Waals surface area contributed by atoms with E-state index in [4.69, 9.17) is 0 Å². The lowest BCUT2D eigenvalue weighted by molar-refractivity contribution is 0.0703. The van der Waals surface area contributed by atoms with E-state index in [2.05, 4.69) is 24.1 Å². The van der Waals surface area contributed by atoms with Gasteiger partial charge in [-0.2, -0.15) is 0 Å². The zero-order chi connectivity index (χ0) is 14.1. The summed E-state index contributed by atoms with van der Waals surface area (Å²) in [5, 5.41) is 3.40. The summed E-state index contributed by atoms with van der Waals surface area (Å²) in [4.78, 5) is 14.7. The second kappa shape index (κ2) is 5.47. The quantitative estimate of drug-likeness (QED) is 0.910. The fourth-order valence-corrected chi connectivity index (χ4v) is 3.59. The molecule has 1 heterocycles. The first-order valence-corrected chi connectivity index (χ1v) is 7.84. The Hall–Kier alpha value is -1.51. The Morgan fingerprint density at radius 1 is 1.40 bits per heavy atom. The molecule has 1 saturated carbocycles. The standard InChI is InChI=1S/C17H24N2O/c1-3-8-18-16-7-5-14(9-12(16)2)17(20)19-11-13-4-6-15(19)10-13/h5,7,9,13,15,18H,3-4,6,8,10-11H2,1-2H3. The fraction of sp³-hybridized carbons (Fsp3) is 0.588. The minimum Gasteiger partial charge on any atom is -0.385 e. The average molecular weight is 272 g/mol. The molecule has 1 N–H and O–H groups in total. The van der Waals surface area contributed by atoms with Crippen LogP contribution < -0.4 is 5.32 Å². The zero-order valence-corrected chi connectivity index (χ0v) is 12.5. The molecule has 0 spiro atoms. The summed E-state index contributed by atoms with van der Waals surface area (Å²) in [6, 6.07) is 6.56. The van der Waals surface area contributed by atoms with Gasteiger partial charge in [-0.05, 0) is 62.3 Å². The Morgan fingerprint density at radius 2 is 2.25 bits per heavy atom. The Balaban J connectivity index is 1.73. The van der Waals surface area contributed by atoms with Crippen LogP contribution in [0, 0.1) is 12.8 Å². The van der Waals surface area contributed by atoms with Crippen molar-refractivity contribution >= 4 is 11.6 Å². The molecule has 20 heavy (non-hydrogen) atoms. The first kappa shape index (κ1) is 13.5. The Morgan fingerprint density at radius 3 is 2.85 bits per heavy atom. The van der Waals surface area contributed by atoms with E-state index in [1.807, 2.05) is 18.2 Å². The summed E-state index contributed by atoms with van der Waals surface area (Å²) in [6.45, 7) is 6.18. The molecule has 0 aromatic heterocycles. The maximum Gasteiger partial charge on any atom is 0.254 e. The van der Waals surface area contributed by atoms with Crippen LogP contribution in [0.3, 0.4) is 0 Å². The maximum atomic E-state index is 12.6. The van der Waals surface area contributed by atoms with E-state index < -0.39 is 0 Å². The highest BCUT2D eigenvalue weighted by Crippen LogP contribution is 2.38. The molecule has 2 unspecified atom stereocenters. The number of hydrogen-bond donors (Lipinski definition) is 1. The molecule has 1 saturated heterocycles. The lowest BCUT2D eigenvalue weighted by atomic mass is 10.1. The molecule has 1 aliphatic carbocycles. The van der Waals surface area contributed by atoms with Crippen LogP contribution in [0.4, 0.5) is 5.69 Å². The van der Waals surface area contributed by atoms with Crippen molar-refractivity contribution in [3.63, 3.8) is 0 Å². The van der Waals surface area contributed by atoms with E-state index in [1.165, 1.54) is 19.3 Å². The third kappa shape index (κ3) is 2.41. The predicted molar refractivity (Wildman–Crippen MR) is 82.1 cm³/mol. The largest absolute Gasteiger partial charge is 0.385 e. The van der Waals surface area contributed by atoms with Gasteiger partial charge in [0.1, 0.15) is 0 Å². The summed E-state index contributed by atoms with van der Waals surface area (Å²) < 4.78 is 0. The number of rotatable bonds is 4. The molecule has 1 aromatic carbocycles. The second-order valence-corrected chi connectivity index (χ2v) is 6.25. The van der Waals surface area contributed by atoms with Gasteiger partial charge >= 0.3 is 0 Å². The third-order valence-electron chi connectivity index (χ3n) is 4.71. The van der Waals surface area contributed by atoms with Gasteiger partial charge in [0.15, 0.2) is 0 Å². The summed E-state index contributed by atoms with van der Waals surface area (Å²) in [6.07, 6.45) is 4.84. The summed E-state index contributed by atoms with van der Waals surface area (Å²) in [5.41, 5.74) is 3.15. The number of aryl methyl sites for hydroxylation is 1. The molecule has 1 aliphatic heterocycles. The van der Waals surface area contributed by atoms with Gasteiger partial charge in [0.2, 0.25) is 0 Å². The predicted octanol–water partition coefficient (Wildman–Crippen LogP) is 3.44. The van der Waals surface area contributed by atoms with Crippen molar-refractivity contribution in [2.24, 2.45) is 5.92 Å². The molecule has 3 rings (SSSR count). The molecule has 2 atom stereocenters. The number of piperidine rings is 1. The fourth-order valence-electron chi connectivity index (χ4n) is 3.59. The molecule has 2 fully saturated rings. The smallest absolute Gasteiger partial charge is 0.254 e. The van der Waals surface area contributed by atoms with Crippen molar-refractivity contribution in [3.8, 4) is 0 Å². The van der Waals surface area contributed by atoms with Crippen molar-refractivity contribution in [1.29, 1.82) is 0 Å². The van der Waals surface area contributed by atoms with Crippen molar-refractivity contribution in [3.05, 3.63) is 29.3 Å². The number of benzene rings is 1. The lowest BCUT2D eigenvalue weighted by Crippen LogP contribution is -2.37. The number of amides is 1. The zero-order valence-electron chi connectivity index (χ0n) is 12.5. The van der Waals surface area contributed by atoms with E-state index in [9.17, 15) is 4.79 Å². The molecule has 1 amide bonds. The molecular formula is C17H24N2O. The Bertz CT molecular complexity index is 512. The van der Waals surface area contributed by atoms with Crippen LogP contribution in [-0.2, 0) is 0 Å². The average Bonchev–Trinajstić information content (AvgIpc) is 3.08. The Labute approximate surface area is 121 Å². The first-order chi connectivity index (χ1) is 9.69. The van der Waals surface area contributed by atoms with Gasteiger partial charge in [0.05, 0.1) is 0 Å². The highest BCUT2D eigenvalue weighted by Gasteiger charge is 2.40. The molecule has 108 valence electrons. The van der Waals surface area contributed by atoms with Gasteiger partial charge in [-0.1, -0.05) is 6.92 Å². The molecule has 3 heteroatoms. The first-order valence-electron chi connectivity index (χ1n) is 7.84. The molecule has 3 nitrogen and oxygen atoms in total. The number of anilines is 1. The van der Waals surface area contributed by atoms with Crippen LogP contribution in [0.5, 0.6) is 0 Å². The number of carbonyl (C=O) groups is 1. The van der Waals surface area contributed by atoms with E-state index in [-0.39, 0.29) is 5.91 Å². The van der Waals surface area contributed by atoms with Crippen molar-refractivity contribution in [1.82, 2.24) is 4.90 Å². The normalized spacial score (nSPS) is 24.2. The van der Waals surface area contributed by atoms with E-state index in [0.717, 1.165) is 42.2 Å². The van der Waals surface area contributed by atoms with Gasteiger partial charge in [0.25, 0.3) is 5.91 Å². The van der Waals surface area contributed by atoms with Gasteiger partial charge < -0.3 is 10.2 Å². The van der Waals surface area contributed by atoms with E-state index in [1.54, 1.807) is 0 Å². The van der Waals surface area contributed by atoms with Crippen molar-refractivity contribution < 1.29 is 4.79 Å². The lowest BCUT2D eigenvalue weighted by Gasteiger charge is -2.27. The molecule has 0 radical (unpaired) electrons. The highest BCUT2D eigenvalue weighted by atomic mass is 16.2. The highest BCUT2D eigenvalue weighted by molar-refractivity contribution is 5.95. The van der Waals surface area contributed by atoms with Crippen molar-refractivity contribution in [2.45, 2.75) is 45.6 Å². The minimum atomic E-state index is 0.224. The number of fused-ring (bicyclic) bond motifs is 2. The maximum absolute atomic E-state index is 12.6. The summed E-state index contributed by atoms with van der Waals surface area (Å²) in [7, 11) is 0. The molecule has 1 aromatic rings. The Kier molecular flexibility index (Phi) is 3.68. The van der Waals surface area contributed by atoms with E-state index >= 15 is 0 Å². The number of likely N-dealkylation sites (tertiary alicyclic amines) is 1. The number of nitrogens with zero attached hydrogens (tertiary/aromatic N) is 1. The molecule has 2 aliphatic rings. The topological polar surface area (TPSA) is 32.3 Å². The van der Waals surface area contributed by atoms with Crippen LogP contribution in [-0.4, -0.2) is 29.9 Å². The van der Waals surface area contributed by atoms with Gasteiger partial charge in [-0.15, -0.1) is 0 Å². The van der Waals surface area contributed by atoms with Crippen LogP contribution >= 0.6 is 0 Å². The van der Waals surface area contributed by atoms with Crippen LogP contribution in [0.2, 0.25) is 0 Å². The summed E-state index contributed by atoms with van der Waals surface area (Å²) in [5.74, 6) is 0.984. The van der Waals surface area contributed by atoms with Crippen LogP contribution in [0.25, 0.3) is 0 Å². The minimum absolute atomic E-state index is 0.224. The van der Waals surface area contributed by atoms with Crippen molar-refractivity contribution in [2.75, 3.05) is 18.4 Å².